The molecule has 3 nitrogen and oxygen atoms in total. The minimum absolute atomic E-state index is 0.415. The molecule has 2 atom stereocenters. The third-order valence-electron chi connectivity index (χ3n) is 4.85. The van der Waals surface area contributed by atoms with Gasteiger partial charge in [-0.3, -0.25) is 4.90 Å². The van der Waals surface area contributed by atoms with Crippen molar-refractivity contribution in [3.63, 3.8) is 0 Å². The molecule has 0 heterocycles. The topological polar surface area (TPSA) is 24.5 Å². The molecule has 0 saturated heterocycles. The molecular weight excluding hydrogens is 224 g/mol. The maximum Gasteiger partial charge on any atom is 0.0589 e. The van der Waals surface area contributed by atoms with Crippen LogP contribution in [0.5, 0.6) is 0 Å². The van der Waals surface area contributed by atoms with Gasteiger partial charge in [0.2, 0.25) is 0 Å². The van der Waals surface area contributed by atoms with E-state index >= 15 is 0 Å². The molecule has 0 bridgehead atoms. The third-order valence-corrected chi connectivity index (χ3v) is 4.85. The van der Waals surface area contributed by atoms with E-state index in [1.54, 1.807) is 0 Å². The van der Waals surface area contributed by atoms with Crippen molar-refractivity contribution in [3.8, 4) is 0 Å². The summed E-state index contributed by atoms with van der Waals surface area (Å²) < 4.78 is 5.30. The Hall–Kier alpha value is -0.120. The Bertz CT molecular complexity index is 263. The minimum Gasteiger partial charge on any atom is -0.383 e. The molecule has 0 radical (unpaired) electrons. The second-order valence-corrected chi connectivity index (χ2v) is 6.68. The molecule has 2 rings (SSSR count). The van der Waals surface area contributed by atoms with Gasteiger partial charge in [-0.05, 0) is 38.1 Å². The highest BCUT2D eigenvalue weighted by molar-refractivity contribution is 5.01. The predicted octanol–water partition coefficient (Wildman–Crippen LogP) is 2.26. The Morgan fingerprint density at radius 1 is 1.28 bits per heavy atom. The summed E-state index contributed by atoms with van der Waals surface area (Å²) in [5.74, 6) is 0. The molecule has 106 valence electrons. The average Bonchev–Trinajstić information content (AvgIpc) is 3.13. The lowest BCUT2D eigenvalue weighted by Crippen LogP contribution is -2.59. The summed E-state index contributed by atoms with van der Waals surface area (Å²) in [4.78, 5) is 2.73. The molecular formula is C15H30N2O. The largest absolute Gasteiger partial charge is 0.383 e. The maximum absolute atomic E-state index is 5.30. The zero-order chi connectivity index (χ0) is 13.2. The van der Waals surface area contributed by atoms with Crippen LogP contribution in [-0.2, 0) is 4.74 Å². The first-order valence-corrected chi connectivity index (χ1v) is 7.52. The molecule has 2 unspecified atom stereocenters. The Morgan fingerprint density at radius 3 is 2.56 bits per heavy atom. The quantitative estimate of drug-likeness (QED) is 0.787. The first-order valence-electron chi connectivity index (χ1n) is 7.52. The predicted molar refractivity (Wildman–Crippen MR) is 75.9 cm³/mol. The minimum atomic E-state index is 0.415. The van der Waals surface area contributed by atoms with E-state index in [1.807, 2.05) is 7.11 Å². The zero-order valence-corrected chi connectivity index (χ0v) is 12.5. The van der Waals surface area contributed by atoms with E-state index in [0.29, 0.717) is 17.5 Å². The van der Waals surface area contributed by atoms with Crippen LogP contribution in [0.25, 0.3) is 0 Å². The molecule has 2 saturated carbocycles. The van der Waals surface area contributed by atoms with Crippen LogP contribution < -0.4 is 5.32 Å². The van der Waals surface area contributed by atoms with Crippen molar-refractivity contribution in [1.29, 1.82) is 0 Å². The molecule has 0 aromatic heterocycles. The van der Waals surface area contributed by atoms with E-state index in [4.69, 9.17) is 4.74 Å². The van der Waals surface area contributed by atoms with Crippen LogP contribution in [0, 0.1) is 5.41 Å². The molecule has 3 heteroatoms. The molecule has 0 aromatic rings. The van der Waals surface area contributed by atoms with E-state index in [1.165, 1.54) is 32.1 Å². The van der Waals surface area contributed by atoms with Crippen molar-refractivity contribution in [2.45, 2.75) is 64.1 Å². The third kappa shape index (κ3) is 3.06. The fourth-order valence-electron chi connectivity index (χ4n) is 3.77. The van der Waals surface area contributed by atoms with E-state index in [2.05, 4.69) is 31.1 Å². The monoisotopic (exact) mass is 254 g/mol. The highest BCUT2D eigenvalue weighted by atomic mass is 16.5. The lowest BCUT2D eigenvalue weighted by molar-refractivity contribution is 0.0313. The van der Waals surface area contributed by atoms with E-state index in [9.17, 15) is 0 Å². The summed E-state index contributed by atoms with van der Waals surface area (Å²) in [6.45, 7) is 6.80. The smallest absolute Gasteiger partial charge is 0.0589 e. The van der Waals surface area contributed by atoms with Gasteiger partial charge in [0, 0.05) is 31.8 Å². The van der Waals surface area contributed by atoms with Crippen molar-refractivity contribution in [1.82, 2.24) is 10.2 Å². The normalized spacial score (nSPS) is 31.8. The van der Waals surface area contributed by atoms with Crippen LogP contribution >= 0.6 is 0 Å². The van der Waals surface area contributed by atoms with E-state index < -0.39 is 0 Å². The maximum atomic E-state index is 5.30. The number of hydrogen-bond donors (Lipinski definition) is 1. The van der Waals surface area contributed by atoms with Gasteiger partial charge in [-0.25, -0.2) is 0 Å². The molecule has 2 fully saturated rings. The van der Waals surface area contributed by atoms with E-state index in [0.717, 1.165) is 19.2 Å². The fourth-order valence-corrected chi connectivity index (χ4v) is 3.77. The average molecular weight is 254 g/mol. The number of methoxy groups -OCH3 is 1. The Kier molecular flexibility index (Phi) is 4.68. The van der Waals surface area contributed by atoms with Gasteiger partial charge in [-0.2, -0.15) is 0 Å². The molecule has 0 spiro atoms. The fraction of sp³-hybridized carbons (Fsp3) is 1.00. The van der Waals surface area contributed by atoms with Crippen molar-refractivity contribution < 1.29 is 4.74 Å². The molecule has 18 heavy (non-hydrogen) atoms. The van der Waals surface area contributed by atoms with Crippen molar-refractivity contribution in [3.05, 3.63) is 0 Å². The number of rotatable bonds is 6. The van der Waals surface area contributed by atoms with Crippen LogP contribution in [0.15, 0.2) is 0 Å². The van der Waals surface area contributed by atoms with Gasteiger partial charge in [0.05, 0.1) is 6.61 Å². The number of likely N-dealkylation sites (N-methyl/N-ethyl adjacent to an activating group) is 1. The van der Waals surface area contributed by atoms with Gasteiger partial charge in [-0.15, -0.1) is 0 Å². The summed E-state index contributed by atoms with van der Waals surface area (Å²) in [5.41, 5.74) is 0.415. The molecule has 1 N–H and O–H groups in total. The lowest BCUT2D eigenvalue weighted by Gasteiger charge is -2.48. The molecule has 0 amide bonds. The summed E-state index contributed by atoms with van der Waals surface area (Å²) in [5, 5.41) is 3.60. The molecule has 2 aliphatic rings. The van der Waals surface area contributed by atoms with Crippen LogP contribution in [0.2, 0.25) is 0 Å². The standard InChI is InChI=1S/C15H30N2O/c1-15(2)9-5-6-13(14(15)16-3)17(10-11-18-4)12-7-8-12/h12-14,16H,5-11H2,1-4H3. The van der Waals surface area contributed by atoms with Crippen molar-refractivity contribution in [2.24, 2.45) is 5.41 Å². The SMILES string of the molecule is CNC1C(N(CCOC)C2CC2)CCCC1(C)C. The van der Waals surface area contributed by atoms with Gasteiger partial charge >= 0.3 is 0 Å². The number of hydrogen-bond acceptors (Lipinski definition) is 3. The second kappa shape index (κ2) is 5.89. The molecule has 0 aliphatic heterocycles. The second-order valence-electron chi connectivity index (χ2n) is 6.68. The Morgan fingerprint density at radius 2 is 2.00 bits per heavy atom. The summed E-state index contributed by atoms with van der Waals surface area (Å²) in [7, 11) is 3.94. The Labute approximate surface area is 112 Å². The van der Waals surface area contributed by atoms with Gasteiger partial charge in [0.15, 0.2) is 0 Å². The van der Waals surface area contributed by atoms with Crippen LogP contribution in [0.1, 0.15) is 46.0 Å². The van der Waals surface area contributed by atoms with Crippen molar-refractivity contribution in [2.75, 3.05) is 27.3 Å². The van der Waals surface area contributed by atoms with Crippen LogP contribution in [0.3, 0.4) is 0 Å². The van der Waals surface area contributed by atoms with Gasteiger partial charge in [0.1, 0.15) is 0 Å². The van der Waals surface area contributed by atoms with Crippen LogP contribution in [0.4, 0.5) is 0 Å². The molecule has 0 aromatic carbocycles. The number of ether oxygens (including phenoxy) is 1. The van der Waals surface area contributed by atoms with Crippen molar-refractivity contribution >= 4 is 0 Å². The van der Waals surface area contributed by atoms with Gasteiger partial charge < -0.3 is 10.1 Å². The summed E-state index contributed by atoms with van der Waals surface area (Å²) >= 11 is 0. The highest BCUT2D eigenvalue weighted by Crippen LogP contribution is 2.40. The van der Waals surface area contributed by atoms with Gasteiger partial charge in [-0.1, -0.05) is 20.3 Å². The van der Waals surface area contributed by atoms with Gasteiger partial charge in [0.25, 0.3) is 0 Å². The Balaban J connectivity index is 2.06. The first-order chi connectivity index (χ1) is 8.60. The molecule has 2 aliphatic carbocycles. The highest BCUT2D eigenvalue weighted by Gasteiger charge is 2.44. The first kappa shape index (κ1) is 14.3. The van der Waals surface area contributed by atoms with Crippen LogP contribution in [-0.4, -0.2) is 50.3 Å². The number of nitrogens with one attached hydrogen (secondary N) is 1. The number of nitrogens with zero attached hydrogens (tertiary/aromatic N) is 1. The van der Waals surface area contributed by atoms with E-state index in [-0.39, 0.29) is 0 Å². The zero-order valence-electron chi connectivity index (χ0n) is 12.5. The summed E-state index contributed by atoms with van der Waals surface area (Å²) in [6.07, 6.45) is 6.83. The summed E-state index contributed by atoms with van der Waals surface area (Å²) in [6, 6.07) is 2.14. The lowest BCUT2D eigenvalue weighted by atomic mass is 9.70.